The molecular formula is C16H15Cl2N5S. The van der Waals surface area contributed by atoms with E-state index < -0.39 is 0 Å². The third-order valence-corrected chi connectivity index (χ3v) is 5.74. The van der Waals surface area contributed by atoms with Crippen LogP contribution < -0.4 is 5.32 Å². The summed E-state index contributed by atoms with van der Waals surface area (Å²) in [5.41, 5.74) is 2.59. The number of hydrogen-bond acceptors (Lipinski definition) is 5. The highest BCUT2D eigenvalue weighted by molar-refractivity contribution is 7.99. The van der Waals surface area contributed by atoms with Crippen LogP contribution >= 0.6 is 35.0 Å². The lowest BCUT2D eigenvalue weighted by molar-refractivity contribution is 0.654. The molecule has 8 heteroatoms. The van der Waals surface area contributed by atoms with Gasteiger partial charge in [0.15, 0.2) is 17.0 Å². The van der Waals surface area contributed by atoms with Gasteiger partial charge < -0.3 is 9.88 Å². The summed E-state index contributed by atoms with van der Waals surface area (Å²) in [7, 11) is 0. The lowest BCUT2D eigenvalue weighted by Gasteiger charge is -2.11. The van der Waals surface area contributed by atoms with Crippen LogP contribution in [-0.2, 0) is 6.54 Å². The first kappa shape index (κ1) is 16.0. The van der Waals surface area contributed by atoms with Crippen LogP contribution in [-0.4, -0.2) is 25.3 Å². The topological polar surface area (TPSA) is 55.6 Å². The minimum absolute atomic E-state index is 0.223. The second-order valence-electron chi connectivity index (χ2n) is 5.62. The maximum Gasteiger partial charge on any atom is 0.226 e. The van der Waals surface area contributed by atoms with Gasteiger partial charge in [0.2, 0.25) is 5.28 Å². The van der Waals surface area contributed by atoms with E-state index in [1.807, 2.05) is 42.4 Å². The highest BCUT2D eigenvalue weighted by atomic mass is 35.5. The van der Waals surface area contributed by atoms with Gasteiger partial charge in [-0.25, -0.2) is 4.98 Å². The molecule has 1 atom stereocenters. The number of imidazole rings is 1. The summed E-state index contributed by atoms with van der Waals surface area (Å²) in [6.45, 7) is 0.591. The predicted molar refractivity (Wildman–Crippen MR) is 99.8 cm³/mol. The molecule has 1 unspecified atom stereocenters. The highest BCUT2D eigenvalue weighted by Gasteiger charge is 2.22. The molecule has 4 rings (SSSR count). The maximum absolute atomic E-state index is 6.14. The van der Waals surface area contributed by atoms with E-state index in [2.05, 4.69) is 24.8 Å². The van der Waals surface area contributed by atoms with Crippen molar-refractivity contribution >= 4 is 51.9 Å². The summed E-state index contributed by atoms with van der Waals surface area (Å²) in [5.74, 6) is 1.81. The van der Waals surface area contributed by atoms with Crippen molar-refractivity contribution in [1.82, 2.24) is 19.5 Å². The smallest absolute Gasteiger partial charge is 0.226 e. The fourth-order valence-electron chi connectivity index (χ4n) is 2.84. The van der Waals surface area contributed by atoms with Crippen LogP contribution in [0.3, 0.4) is 0 Å². The molecule has 3 heterocycles. The Labute approximate surface area is 153 Å². The summed E-state index contributed by atoms with van der Waals surface area (Å²) in [6.07, 6.45) is 4.18. The van der Waals surface area contributed by atoms with E-state index in [1.165, 1.54) is 12.2 Å². The predicted octanol–water partition coefficient (Wildman–Crippen LogP) is 4.77. The van der Waals surface area contributed by atoms with Crippen LogP contribution in [0.15, 0.2) is 30.6 Å². The highest BCUT2D eigenvalue weighted by Crippen LogP contribution is 2.37. The largest absolute Gasteiger partial charge is 0.364 e. The van der Waals surface area contributed by atoms with Gasteiger partial charge in [-0.05, 0) is 47.9 Å². The van der Waals surface area contributed by atoms with Crippen molar-refractivity contribution < 1.29 is 0 Å². The van der Waals surface area contributed by atoms with Crippen molar-refractivity contribution in [2.45, 2.75) is 24.8 Å². The number of halogens is 2. The Morgan fingerprint density at radius 3 is 3.00 bits per heavy atom. The van der Waals surface area contributed by atoms with Gasteiger partial charge in [-0.2, -0.15) is 9.97 Å². The van der Waals surface area contributed by atoms with Crippen LogP contribution in [0, 0.1) is 0 Å². The second kappa shape index (κ2) is 6.78. The van der Waals surface area contributed by atoms with Crippen LogP contribution in [0.2, 0.25) is 10.3 Å². The third kappa shape index (κ3) is 3.18. The molecule has 124 valence electrons. The number of thioether (sulfide) groups is 1. The summed E-state index contributed by atoms with van der Waals surface area (Å²) in [6, 6.07) is 7.70. The molecule has 0 spiro atoms. The van der Waals surface area contributed by atoms with E-state index >= 15 is 0 Å². The van der Waals surface area contributed by atoms with Crippen LogP contribution in [0.4, 0.5) is 5.82 Å². The standard InChI is InChI=1S/C16H15Cl2N5S/c17-11-4-1-3-10(7-11)8-19-14-13-15(22-16(18)21-14)23(9-20-13)12-5-2-6-24-12/h1,3-4,7,9,12H,2,5-6,8H2,(H,19,21,22). The molecule has 0 aliphatic carbocycles. The van der Waals surface area contributed by atoms with Gasteiger partial charge in [0.05, 0.1) is 11.7 Å². The van der Waals surface area contributed by atoms with Gasteiger partial charge in [-0.1, -0.05) is 23.7 Å². The van der Waals surface area contributed by atoms with Crippen molar-refractivity contribution in [3.05, 3.63) is 46.5 Å². The minimum Gasteiger partial charge on any atom is -0.364 e. The van der Waals surface area contributed by atoms with Crippen molar-refractivity contribution in [3.63, 3.8) is 0 Å². The third-order valence-electron chi connectivity index (χ3n) is 3.96. The zero-order valence-corrected chi connectivity index (χ0v) is 15.1. The van der Waals surface area contributed by atoms with E-state index in [9.17, 15) is 0 Å². The number of rotatable bonds is 4. The maximum atomic E-state index is 6.14. The molecule has 0 amide bonds. The summed E-state index contributed by atoms with van der Waals surface area (Å²) in [5, 5.41) is 4.61. The average molecular weight is 380 g/mol. The van der Waals surface area contributed by atoms with E-state index in [4.69, 9.17) is 23.2 Å². The van der Waals surface area contributed by atoms with Crippen LogP contribution in [0.25, 0.3) is 11.2 Å². The first-order chi connectivity index (χ1) is 11.7. The second-order valence-corrected chi connectivity index (χ2v) is 7.68. The number of hydrogen-bond donors (Lipinski definition) is 1. The van der Waals surface area contributed by atoms with E-state index in [1.54, 1.807) is 0 Å². The Hall–Kier alpha value is -1.50. The normalized spacial score (nSPS) is 17.5. The number of benzene rings is 1. The SMILES string of the molecule is Clc1cccc(CNc2nc(Cl)nc3c2ncn3C2CCCS2)c1. The molecule has 0 bridgehead atoms. The molecule has 1 aromatic carbocycles. The average Bonchev–Trinajstić information content (AvgIpc) is 3.21. The van der Waals surface area contributed by atoms with Crippen molar-refractivity contribution in [2.75, 3.05) is 11.1 Å². The van der Waals surface area contributed by atoms with Crippen molar-refractivity contribution in [2.24, 2.45) is 0 Å². The molecular weight excluding hydrogens is 365 g/mol. The molecule has 1 saturated heterocycles. The Kier molecular flexibility index (Phi) is 4.52. The summed E-state index contributed by atoms with van der Waals surface area (Å²) < 4.78 is 2.10. The molecule has 0 saturated carbocycles. The van der Waals surface area contributed by atoms with Crippen LogP contribution in [0.1, 0.15) is 23.8 Å². The van der Waals surface area contributed by atoms with Gasteiger partial charge in [-0.3, -0.25) is 0 Å². The summed E-state index contributed by atoms with van der Waals surface area (Å²) >= 11 is 14.1. The Bertz CT molecular complexity index is 876. The van der Waals surface area contributed by atoms with Gasteiger partial charge in [0.25, 0.3) is 0 Å². The molecule has 1 aliphatic rings. The Morgan fingerprint density at radius 1 is 1.29 bits per heavy atom. The van der Waals surface area contributed by atoms with Gasteiger partial charge in [-0.15, -0.1) is 11.8 Å². The van der Waals surface area contributed by atoms with E-state index in [0.717, 1.165) is 23.1 Å². The zero-order valence-electron chi connectivity index (χ0n) is 12.7. The summed E-state index contributed by atoms with van der Waals surface area (Å²) in [4.78, 5) is 13.2. The Balaban J connectivity index is 1.65. The number of nitrogens with zero attached hydrogens (tertiary/aromatic N) is 4. The lowest BCUT2D eigenvalue weighted by Crippen LogP contribution is -2.05. The minimum atomic E-state index is 0.223. The number of fused-ring (bicyclic) bond motifs is 1. The van der Waals surface area contributed by atoms with Gasteiger partial charge in [0, 0.05) is 11.6 Å². The number of aromatic nitrogens is 4. The molecule has 1 fully saturated rings. The molecule has 1 aliphatic heterocycles. The molecule has 0 radical (unpaired) electrons. The van der Waals surface area contributed by atoms with Crippen molar-refractivity contribution in [1.29, 1.82) is 0 Å². The van der Waals surface area contributed by atoms with E-state index in [0.29, 0.717) is 22.8 Å². The van der Waals surface area contributed by atoms with Crippen molar-refractivity contribution in [3.8, 4) is 0 Å². The van der Waals surface area contributed by atoms with Gasteiger partial charge in [0.1, 0.15) is 0 Å². The fourth-order valence-corrected chi connectivity index (χ4v) is 4.47. The quantitative estimate of drug-likeness (QED) is 0.661. The molecule has 1 N–H and O–H groups in total. The first-order valence-electron chi connectivity index (χ1n) is 7.71. The Morgan fingerprint density at radius 2 is 2.21 bits per heavy atom. The molecule has 2 aromatic heterocycles. The molecule has 24 heavy (non-hydrogen) atoms. The van der Waals surface area contributed by atoms with Gasteiger partial charge >= 0.3 is 0 Å². The lowest BCUT2D eigenvalue weighted by atomic mass is 10.2. The fraction of sp³-hybridized carbons (Fsp3) is 0.312. The molecule has 3 aromatic rings. The first-order valence-corrected chi connectivity index (χ1v) is 9.51. The molecule has 5 nitrogen and oxygen atoms in total. The number of anilines is 1. The zero-order chi connectivity index (χ0) is 16.5. The van der Waals surface area contributed by atoms with E-state index in [-0.39, 0.29) is 5.28 Å². The number of nitrogens with one attached hydrogen (secondary N) is 1. The monoisotopic (exact) mass is 379 g/mol. The van der Waals surface area contributed by atoms with Crippen LogP contribution in [0.5, 0.6) is 0 Å².